The van der Waals surface area contributed by atoms with Crippen molar-refractivity contribution < 1.29 is 18.4 Å². The van der Waals surface area contributed by atoms with Crippen LogP contribution >= 0.6 is 18.6 Å². The molecule has 0 fully saturated rings. The molecule has 0 aliphatic heterocycles. The van der Waals surface area contributed by atoms with Crippen LogP contribution in [-0.4, -0.2) is 0.594 Å². The average Bonchev–Trinajstić information content (AvgIpc) is 2.44. The molecule has 0 aromatic heterocycles. The van der Waals surface area contributed by atoms with Gasteiger partial charge in [0.2, 0.25) is 0 Å². The Morgan fingerprint density at radius 2 is 0.571 bits per heavy atom. The zero-order chi connectivity index (χ0) is 14.7. The minimum atomic E-state index is -0.190. The van der Waals surface area contributed by atoms with Gasteiger partial charge in [0.1, 0.15) is 0 Å². The van der Waals surface area contributed by atoms with Crippen molar-refractivity contribution in [1.82, 2.24) is 0 Å². The SMILES string of the molecule is CC.CC.CC.CC.CC.CC.[3H][I-]I. The van der Waals surface area contributed by atoms with E-state index in [1.165, 1.54) is 0 Å². The van der Waals surface area contributed by atoms with Gasteiger partial charge in [-0.1, -0.05) is 83.1 Å². The van der Waals surface area contributed by atoms with Crippen molar-refractivity contribution in [3.05, 3.63) is 0 Å². The molecule has 100 valence electrons. The molecule has 0 bridgehead atoms. The van der Waals surface area contributed by atoms with E-state index in [2.05, 4.69) is 18.6 Å². The molecule has 0 heterocycles. The molecule has 0 saturated heterocycles. The van der Waals surface area contributed by atoms with Gasteiger partial charge in [0, 0.05) is 0 Å². The van der Waals surface area contributed by atoms with E-state index in [-0.39, 0.29) is 18.4 Å². The number of hydrogen-bond acceptors (Lipinski definition) is 0. The van der Waals surface area contributed by atoms with Crippen molar-refractivity contribution in [2.75, 3.05) is 0 Å². The minimum absolute atomic E-state index is 0.190. The Balaban J connectivity index is -0.0000000101. The van der Waals surface area contributed by atoms with Gasteiger partial charge >= 0.3 is 37.6 Å². The van der Waals surface area contributed by atoms with E-state index in [1.807, 2.05) is 83.1 Å². The second-order valence-corrected chi connectivity index (χ2v) is 0. The van der Waals surface area contributed by atoms with Crippen molar-refractivity contribution in [2.45, 2.75) is 83.1 Å². The molecular weight excluding hydrogens is 398 g/mol. The summed E-state index contributed by atoms with van der Waals surface area (Å²) in [5, 5.41) is 0. The van der Waals surface area contributed by atoms with Crippen LogP contribution in [0.15, 0.2) is 0 Å². The average molecular weight is 437 g/mol. The van der Waals surface area contributed by atoms with Gasteiger partial charge in [-0.15, -0.1) is 0 Å². The van der Waals surface area contributed by atoms with Gasteiger partial charge in [-0.3, -0.25) is 0 Å². The fraction of sp³-hybridized carbons (Fsp3) is 1.00. The van der Waals surface area contributed by atoms with Crippen LogP contribution in [0, 0.1) is 0 Å². The fourth-order valence-electron chi connectivity index (χ4n) is 0. The Morgan fingerprint density at radius 3 is 0.571 bits per heavy atom. The predicted molar refractivity (Wildman–Crippen MR) is 83.5 cm³/mol. The van der Waals surface area contributed by atoms with Crippen LogP contribution in [0.2, 0.25) is 0 Å². The van der Waals surface area contributed by atoms with Crippen LogP contribution in [0.5, 0.6) is 0 Å². The molecule has 0 spiro atoms. The maximum absolute atomic E-state index is 6.30. The molecule has 0 aromatic carbocycles. The zero-order valence-electron chi connectivity index (χ0n) is 13.8. The topological polar surface area (TPSA) is 0 Å². The molecule has 0 unspecified atom stereocenters. The normalized spacial score (nSPS) is 4.21. The standard InChI is InChI=1S/6C2H6.HI2/c7*1-2/h6*1-2H3;1H/q;;;;;;-1/i;;;;;;1T. The van der Waals surface area contributed by atoms with E-state index in [1.54, 1.807) is 0 Å². The van der Waals surface area contributed by atoms with Gasteiger partial charge in [-0.05, 0) is 0 Å². The summed E-state index contributed by atoms with van der Waals surface area (Å²) in [5.41, 5.74) is 0. The van der Waals surface area contributed by atoms with Crippen molar-refractivity contribution in [1.29, 1.82) is 0.594 Å². The number of halogens is 2. The molecule has 0 aromatic rings. The molecule has 14 heavy (non-hydrogen) atoms. The molecule has 0 atom stereocenters. The summed E-state index contributed by atoms with van der Waals surface area (Å²) in [6.45, 7) is 24.0. The molecule has 0 saturated carbocycles. The Kier molecular flexibility index (Phi) is 3170. The first kappa shape index (κ1) is 36.1. The third-order valence-corrected chi connectivity index (χ3v) is 0. The van der Waals surface area contributed by atoms with E-state index in [9.17, 15) is 0 Å². The zero-order valence-corrected chi connectivity index (χ0v) is 17.1. The summed E-state index contributed by atoms with van der Waals surface area (Å²) in [6.07, 6.45) is 0. The maximum atomic E-state index is 6.30. The summed E-state index contributed by atoms with van der Waals surface area (Å²) < 4.78 is 6.30. The molecular formula is C12H37I2-. The first-order valence-corrected chi connectivity index (χ1v) is 12.4. The molecule has 0 radical (unpaired) electrons. The van der Waals surface area contributed by atoms with Crippen molar-refractivity contribution >= 4 is 18.6 Å². The Labute approximate surface area is 120 Å². The van der Waals surface area contributed by atoms with Gasteiger partial charge in [0.25, 0.3) is 0 Å². The molecule has 0 aliphatic rings. The van der Waals surface area contributed by atoms with Gasteiger partial charge in [0.15, 0.2) is 0 Å². The third kappa shape index (κ3) is 980. The summed E-state index contributed by atoms with van der Waals surface area (Å²) in [4.78, 5) is 0. The third-order valence-electron chi connectivity index (χ3n) is 0. The Bertz CT molecular complexity index is 13.6. The van der Waals surface area contributed by atoms with Crippen LogP contribution < -0.4 is 18.4 Å². The van der Waals surface area contributed by atoms with Crippen LogP contribution in [-0.2, 0) is 0 Å². The first-order valence-electron chi connectivity index (χ1n) is 6.52. The van der Waals surface area contributed by atoms with Crippen LogP contribution in [0.4, 0.5) is 0 Å². The monoisotopic (exact) mass is 437 g/mol. The summed E-state index contributed by atoms with van der Waals surface area (Å²) >= 11 is 1.88. The van der Waals surface area contributed by atoms with Gasteiger partial charge in [-0.25, -0.2) is 0 Å². The van der Waals surface area contributed by atoms with E-state index >= 15 is 0 Å². The Morgan fingerprint density at radius 1 is 0.571 bits per heavy atom. The van der Waals surface area contributed by atoms with E-state index in [0.29, 0.717) is 0 Å². The van der Waals surface area contributed by atoms with Gasteiger partial charge in [0.05, 0.1) is 0 Å². The quantitative estimate of drug-likeness (QED) is 0.507. The summed E-state index contributed by atoms with van der Waals surface area (Å²) in [5.74, 6) is 0. The second-order valence-electron chi connectivity index (χ2n) is 0. The summed E-state index contributed by atoms with van der Waals surface area (Å²) in [7, 11) is 0. The number of rotatable bonds is 0. The molecule has 0 rings (SSSR count). The van der Waals surface area contributed by atoms with E-state index < -0.39 is 0 Å². The van der Waals surface area contributed by atoms with Crippen molar-refractivity contribution in [3.63, 3.8) is 0 Å². The second kappa shape index (κ2) is 1230. The number of hydrogen-bond donors (Lipinski definition) is 0. The molecule has 0 amide bonds. The van der Waals surface area contributed by atoms with Crippen LogP contribution in [0.1, 0.15) is 83.1 Å². The van der Waals surface area contributed by atoms with Gasteiger partial charge in [-0.2, -0.15) is 0 Å². The first-order chi connectivity index (χ1) is 7.41. The fourth-order valence-corrected chi connectivity index (χ4v) is 0. The van der Waals surface area contributed by atoms with E-state index in [4.69, 9.17) is 0.594 Å². The molecule has 0 aliphatic carbocycles. The summed E-state index contributed by atoms with van der Waals surface area (Å²) in [6, 6.07) is 0. The van der Waals surface area contributed by atoms with Crippen molar-refractivity contribution in [3.8, 4) is 0 Å². The Hall–Kier alpha value is 1.46. The molecule has 0 nitrogen and oxygen atoms in total. The van der Waals surface area contributed by atoms with E-state index in [0.717, 1.165) is 0 Å². The molecule has 2 heteroatoms. The van der Waals surface area contributed by atoms with Crippen molar-refractivity contribution in [2.24, 2.45) is 0 Å². The van der Waals surface area contributed by atoms with Crippen LogP contribution in [0.3, 0.4) is 0 Å². The van der Waals surface area contributed by atoms with Crippen LogP contribution in [0.25, 0.3) is 0 Å². The molecule has 0 N–H and O–H groups in total. The van der Waals surface area contributed by atoms with Gasteiger partial charge < -0.3 is 0 Å². The predicted octanol–water partition coefficient (Wildman–Crippen LogP) is 3.78.